The first-order valence-electron chi connectivity index (χ1n) is 6.05. The largest absolute Gasteiger partial charge is 0.360 e. The van der Waals surface area contributed by atoms with Gasteiger partial charge in [-0.3, -0.25) is 4.79 Å². The highest BCUT2D eigenvalue weighted by atomic mass is 32.2. The van der Waals surface area contributed by atoms with Crippen molar-refractivity contribution in [2.75, 3.05) is 5.32 Å². The molecule has 0 aliphatic heterocycles. The van der Waals surface area contributed by atoms with Crippen molar-refractivity contribution in [2.24, 2.45) is 0 Å². The summed E-state index contributed by atoms with van der Waals surface area (Å²) < 4.78 is 5.11. The van der Waals surface area contributed by atoms with Gasteiger partial charge in [-0.1, -0.05) is 23.4 Å². The molecule has 1 heterocycles. The van der Waals surface area contributed by atoms with Gasteiger partial charge in [0.2, 0.25) is 5.91 Å². The first-order valence-corrected chi connectivity index (χ1v) is 7.10. The average Bonchev–Trinajstić information content (AvgIpc) is 2.83. The van der Waals surface area contributed by atoms with Gasteiger partial charge in [0.05, 0.1) is 16.7 Å². The van der Waals surface area contributed by atoms with E-state index in [0.29, 0.717) is 5.75 Å². The van der Waals surface area contributed by atoms with Gasteiger partial charge in [-0.05, 0) is 26.0 Å². The molecule has 100 valence electrons. The van der Waals surface area contributed by atoms with Crippen LogP contribution in [0.5, 0.6) is 0 Å². The summed E-state index contributed by atoms with van der Waals surface area (Å²) >= 11 is 1.52. The van der Waals surface area contributed by atoms with E-state index in [0.717, 1.165) is 17.1 Å². The average molecular weight is 276 g/mol. The highest BCUT2D eigenvalue weighted by Crippen LogP contribution is 2.19. The number of nitrogens with one attached hydrogen (secondary N) is 1. The van der Waals surface area contributed by atoms with Gasteiger partial charge in [-0.2, -0.15) is 0 Å². The summed E-state index contributed by atoms with van der Waals surface area (Å²) in [7, 11) is 0. The Morgan fingerprint density at radius 1 is 1.42 bits per heavy atom. The third-order valence-electron chi connectivity index (χ3n) is 2.56. The van der Waals surface area contributed by atoms with Gasteiger partial charge in [-0.15, -0.1) is 11.8 Å². The molecule has 0 aliphatic rings. The predicted molar refractivity (Wildman–Crippen MR) is 77.1 cm³/mol. The Morgan fingerprint density at radius 3 is 2.79 bits per heavy atom. The van der Waals surface area contributed by atoms with Crippen molar-refractivity contribution in [1.82, 2.24) is 5.16 Å². The van der Waals surface area contributed by atoms with E-state index >= 15 is 0 Å². The molecule has 0 saturated heterocycles. The second-order valence-electron chi connectivity index (χ2n) is 4.24. The Labute approximate surface area is 116 Å². The van der Waals surface area contributed by atoms with E-state index in [1.54, 1.807) is 0 Å². The van der Waals surface area contributed by atoms with Crippen LogP contribution in [-0.2, 0) is 10.5 Å². The van der Waals surface area contributed by atoms with Crippen LogP contribution < -0.4 is 5.32 Å². The van der Waals surface area contributed by atoms with Crippen LogP contribution in [0, 0.1) is 6.92 Å². The van der Waals surface area contributed by atoms with E-state index in [9.17, 15) is 4.79 Å². The van der Waals surface area contributed by atoms with E-state index in [1.807, 2.05) is 50.2 Å². The molecule has 1 amide bonds. The number of nitrogens with zero attached hydrogens (tertiary/aromatic N) is 1. The molecule has 1 N–H and O–H groups in total. The zero-order valence-corrected chi connectivity index (χ0v) is 11.7. The SMILES string of the molecule is Cc1cc(CS[C@@H](C)C(=O)Nc2ccccc2)on1. The van der Waals surface area contributed by atoms with E-state index in [2.05, 4.69) is 10.5 Å². The van der Waals surface area contributed by atoms with Crippen molar-refractivity contribution in [1.29, 1.82) is 0 Å². The molecule has 0 radical (unpaired) electrons. The fourth-order valence-electron chi connectivity index (χ4n) is 1.53. The van der Waals surface area contributed by atoms with Gasteiger partial charge in [0.15, 0.2) is 0 Å². The van der Waals surface area contributed by atoms with Gasteiger partial charge < -0.3 is 9.84 Å². The molecular formula is C14H16N2O2S. The molecule has 2 rings (SSSR count). The number of amides is 1. The maximum atomic E-state index is 12.0. The Morgan fingerprint density at radius 2 is 2.16 bits per heavy atom. The number of aromatic nitrogens is 1. The first kappa shape index (κ1) is 13.7. The van der Waals surface area contributed by atoms with Crippen LogP contribution >= 0.6 is 11.8 Å². The quantitative estimate of drug-likeness (QED) is 0.910. The van der Waals surface area contributed by atoms with Gasteiger partial charge in [0.25, 0.3) is 0 Å². The number of rotatable bonds is 5. The fourth-order valence-corrected chi connectivity index (χ4v) is 2.29. The minimum absolute atomic E-state index is 0.00700. The number of anilines is 1. The van der Waals surface area contributed by atoms with Crippen LogP contribution in [0.4, 0.5) is 5.69 Å². The Bertz CT molecular complexity index is 539. The molecule has 0 fully saturated rings. The van der Waals surface area contributed by atoms with Crippen LogP contribution in [0.3, 0.4) is 0 Å². The molecule has 19 heavy (non-hydrogen) atoms. The number of aryl methyl sites for hydroxylation is 1. The molecule has 0 spiro atoms. The maximum absolute atomic E-state index is 12.0. The Kier molecular flexibility index (Phi) is 4.63. The van der Waals surface area contributed by atoms with Crippen LogP contribution in [0.25, 0.3) is 0 Å². The molecule has 1 aromatic heterocycles. The zero-order valence-electron chi connectivity index (χ0n) is 10.9. The summed E-state index contributed by atoms with van der Waals surface area (Å²) in [6, 6.07) is 11.3. The summed E-state index contributed by atoms with van der Waals surface area (Å²) in [6.45, 7) is 3.76. The van der Waals surface area contributed by atoms with Crippen molar-refractivity contribution in [3.8, 4) is 0 Å². The smallest absolute Gasteiger partial charge is 0.237 e. The van der Waals surface area contributed by atoms with Crippen LogP contribution in [0.15, 0.2) is 40.9 Å². The lowest BCUT2D eigenvalue weighted by Crippen LogP contribution is -2.22. The second kappa shape index (κ2) is 6.43. The van der Waals surface area contributed by atoms with Crippen LogP contribution in [0.1, 0.15) is 18.4 Å². The summed E-state index contributed by atoms with van der Waals surface area (Å²) in [4.78, 5) is 12.0. The first-order chi connectivity index (χ1) is 9.15. The van der Waals surface area contributed by atoms with E-state index < -0.39 is 0 Å². The van der Waals surface area contributed by atoms with Gasteiger partial charge in [0.1, 0.15) is 5.76 Å². The Balaban J connectivity index is 1.82. The van der Waals surface area contributed by atoms with E-state index in [1.165, 1.54) is 11.8 Å². The minimum atomic E-state index is -0.148. The minimum Gasteiger partial charge on any atom is -0.360 e. The van der Waals surface area contributed by atoms with Gasteiger partial charge >= 0.3 is 0 Å². The molecule has 1 atom stereocenters. The summed E-state index contributed by atoms with van der Waals surface area (Å²) in [5, 5.41) is 6.55. The standard InChI is InChI=1S/C14H16N2O2S/c1-10-8-13(18-16-10)9-19-11(2)14(17)15-12-6-4-3-5-7-12/h3-8,11H,9H2,1-2H3,(H,15,17)/t11-/m0/s1. The van der Waals surface area contributed by atoms with Crippen molar-refractivity contribution in [2.45, 2.75) is 24.9 Å². The topological polar surface area (TPSA) is 55.1 Å². The molecular weight excluding hydrogens is 260 g/mol. The number of hydrogen-bond acceptors (Lipinski definition) is 4. The van der Waals surface area contributed by atoms with Crippen molar-refractivity contribution in [3.63, 3.8) is 0 Å². The van der Waals surface area contributed by atoms with Gasteiger partial charge in [-0.25, -0.2) is 0 Å². The number of hydrogen-bond donors (Lipinski definition) is 1. The van der Waals surface area contributed by atoms with Crippen LogP contribution in [-0.4, -0.2) is 16.3 Å². The van der Waals surface area contributed by atoms with Crippen molar-refractivity contribution < 1.29 is 9.32 Å². The summed E-state index contributed by atoms with van der Waals surface area (Å²) in [6.07, 6.45) is 0. The van der Waals surface area contributed by atoms with Crippen molar-refractivity contribution in [3.05, 3.63) is 47.9 Å². The molecule has 0 bridgehead atoms. The third-order valence-corrected chi connectivity index (χ3v) is 3.73. The number of benzene rings is 1. The van der Waals surface area contributed by atoms with E-state index in [-0.39, 0.29) is 11.2 Å². The summed E-state index contributed by atoms with van der Waals surface area (Å²) in [5.74, 6) is 1.43. The third kappa shape index (κ3) is 4.13. The highest BCUT2D eigenvalue weighted by Gasteiger charge is 2.14. The number of carbonyl (C=O) groups excluding carboxylic acids is 1. The number of carbonyl (C=O) groups is 1. The second-order valence-corrected chi connectivity index (χ2v) is 5.57. The normalized spacial score (nSPS) is 12.1. The molecule has 0 saturated carbocycles. The van der Waals surface area contributed by atoms with Gasteiger partial charge in [0, 0.05) is 11.8 Å². The molecule has 2 aromatic rings. The molecule has 0 unspecified atom stereocenters. The molecule has 5 heteroatoms. The predicted octanol–water partition coefficient (Wildman–Crippen LogP) is 3.24. The molecule has 1 aromatic carbocycles. The number of para-hydroxylation sites is 1. The fraction of sp³-hybridized carbons (Fsp3) is 0.286. The van der Waals surface area contributed by atoms with E-state index in [4.69, 9.17) is 4.52 Å². The Hall–Kier alpha value is -1.75. The monoisotopic (exact) mass is 276 g/mol. The molecule has 4 nitrogen and oxygen atoms in total. The maximum Gasteiger partial charge on any atom is 0.237 e. The lowest BCUT2D eigenvalue weighted by atomic mass is 10.3. The summed E-state index contributed by atoms with van der Waals surface area (Å²) in [5.41, 5.74) is 1.67. The molecule has 0 aliphatic carbocycles. The number of thioether (sulfide) groups is 1. The lowest BCUT2D eigenvalue weighted by molar-refractivity contribution is -0.115. The van der Waals surface area contributed by atoms with Crippen LogP contribution in [0.2, 0.25) is 0 Å². The van der Waals surface area contributed by atoms with Crippen molar-refractivity contribution >= 4 is 23.4 Å². The lowest BCUT2D eigenvalue weighted by Gasteiger charge is -2.10. The zero-order chi connectivity index (χ0) is 13.7. The highest BCUT2D eigenvalue weighted by molar-refractivity contribution is 7.99.